The van der Waals surface area contributed by atoms with Crippen LogP contribution in [0.1, 0.15) is 50.7 Å². The average molecular weight is 447 g/mol. The maximum Gasteiger partial charge on any atom is 0.243 e. The van der Waals surface area contributed by atoms with Crippen molar-refractivity contribution in [3.8, 4) is 0 Å². The SMILES string of the molecule is CCCCN(CC(O)CNc1ccc(C(=N)N)cc1)S(=O)(=O)c1ccc(C(C)C)cc1. The van der Waals surface area contributed by atoms with Crippen molar-refractivity contribution in [3.63, 3.8) is 0 Å². The van der Waals surface area contributed by atoms with Crippen LogP contribution in [0.25, 0.3) is 0 Å². The van der Waals surface area contributed by atoms with Crippen LogP contribution in [0.3, 0.4) is 0 Å². The Bertz CT molecular complexity index is 942. The zero-order chi connectivity index (χ0) is 23.0. The highest BCUT2D eigenvalue weighted by Crippen LogP contribution is 2.21. The Labute approximate surface area is 185 Å². The zero-order valence-corrected chi connectivity index (χ0v) is 19.3. The molecule has 0 spiro atoms. The van der Waals surface area contributed by atoms with Crippen molar-refractivity contribution in [1.29, 1.82) is 5.41 Å². The molecule has 1 unspecified atom stereocenters. The summed E-state index contributed by atoms with van der Waals surface area (Å²) in [5, 5.41) is 21.1. The molecule has 0 aliphatic heterocycles. The minimum Gasteiger partial charge on any atom is -0.390 e. The third-order valence-electron chi connectivity index (χ3n) is 5.10. The normalized spacial score (nSPS) is 12.8. The van der Waals surface area contributed by atoms with E-state index in [4.69, 9.17) is 11.1 Å². The summed E-state index contributed by atoms with van der Waals surface area (Å²) >= 11 is 0. The van der Waals surface area contributed by atoms with Gasteiger partial charge in [-0.25, -0.2) is 8.42 Å². The van der Waals surface area contributed by atoms with Crippen LogP contribution >= 0.6 is 0 Å². The molecular formula is C23H34N4O3S. The van der Waals surface area contributed by atoms with E-state index in [1.54, 1.807) is 36.4 Å². The number of unbranched alkanes of at least 4 members (excludes halogenated alkanes) is 1. The molecule has 0 saturated carbocycles. The molecule has 0 heterocycles. The highest BCUT2D eigenvalue weighted by atomic mass is 32.2. The van der Waals surface area contributed by atoms with Crippen LogP contribution in [0, 0.1) is 5.41 Å². The second kappa shape index (κ2) is 11.3. The number of sulfonamides is 1. The molecule has 0 radical (unpaired) electrons. The number of aliphatic hydroxyl groups is 1. The Hall–Kier alpha value is -2.42. The molecule has 2 aromatic rings. The molecule has 31 heavy (non-hydrogen) atoms. The first kappa shape index (κ1) is 24.8. The van der Waals surface area contributed by atoms with Gasteiger partial charge >= 0.3 is 0 Å². The number of nitrogens with two attached hydrogens (primary N) is 1. The van der Waals surface area contributed by atoms with E-state index >= 15 is 0 Å². The van der Waals surface area contributed by atoms with Gasteiger partial charge in [-0.15, -0.1) is 0 Å². The number of benzene rings is 2. The summed E-state index contributed by atoms with van der Waals surface area (Å²) in [5.74, 6) is 0.315. The van der Waals surface area contributed by atoms with E-state index in [0.717, 1.165) is 24.1 Å². The molecule has 0 saturated heterocycles. The van der Waals surface area contributed by atoms with Crippen LogP contribution in [0.15, 0.2) is 53.4 Å². The van der Waals surface area contributed by atoms with Gasteiger partial charge in [-0.2, -0.15) is 4.31 Å². The number of hydrogen-bond acceptors (Lipinski definition) is 5. The third-order valence-corrected chi connectivity index (χ3v) is 6.98. The van der Waals surface area contributed by atoms with Gasteiger partial charge in [0.1, 0.15) is 5.84 Å². The van der Waals surface area contributed by atoms with Crippen LogP contribution in [-0.2, 0) is 10.0 Å². The Morgan fingerprint density at radius 1 is 1.13 bits per heavy atom. The Morgan fingerprint density at radius 2 is 1.74 bits per heavy atom. The van der Waals surface area contributed by atoms with Gasteiger partial charge in [0, 0.05) is 30.9 Å². The number of nitrogen functional groups attached to an aromatic ring is 1. The lowest BCUT2D eigenvalue weighted by atomic mass is 10.0. The van der Waals surface area contributed by atoms with Gasteiger partial charge in [0.2, 0.25) is 10.0 Å². The monoisotopic (exact) mass is 446 g/mol. The molecule has 2 aromatic carbocycles. The highest BCUT2D eigenvalue weighted by molar-refractivity contribution is 7.89. The van der Waals surface area contributed by atoms with E-state index in [1.807, 2.05) is 19.1 Å². The van der Waals surface area contributed by atoms with Crippen molar-refractivity contribution >= 4 is 21.5 Å². The summed E-state index contributed by atoms with van der Waals surface area (Å²) < 4.78 is 27.8. The summed E-state index contributed by atoms with van der Waals surface area (Å²) in [4.78, 5) is 0.244. The summed E-state index contributed by atoms with van der Waals surface area (Å²) in [5.41, 5.74) is 7.91. The number of nitrogens with zero attached hydrogens (tertiary/aromatic N) is 1. The molecule has 0 aromatic heterocycles. The summed E-state index contributed by atoms with van der Waals surface area (Å²) in [7, 11) is -3.70. The van der Waals surface area contributed by atoms with Crippen molar-refractivity contribution < 1.29 is 13.5 Å². The second-order valence-corrected chi connectivity index (χ2v) is 9.90. The molecule has 1 atom stereocenters. The van der Waals surface area contributed by atoms with Gasteiger partial charge in [0.05, 0.1) is 11.0 Å². The average Bonchev–Trinajstić information content (AvgIpc) is 2.75. The second-order valence-electron chi connectivity index (χ2n) is 7.97. The van der Waals surface area contributed by atoms with E-state index in [2.05, 4.69) is 19.2 Å². The quantitative estimate of drug-likeness (QED) is 0.294. The number of aliphatic hydroxyl groups excluding tert-OH is 1. The number of amidine groups is 1. The van der Waals surface area contributed by atoms with Crippen LogP contribution in [-0.4, -0.2) is 49.4 Å². The highest BCUT2D eigenvalue weighted by Gasteiger charge is 2.26. The molecule has 8 heteroatoms. The molecular weight excluding hydrogens is 412 g/mol. The van der Waals surface area contributed by atoms with Crippen molar-refractivity contribution in [2.45, 2.75) is 50.5 Å². The summed E-state index contributed by atoms with van der Waals surface area (Å²) in [6.07, 6.45) is 0.694. The van der Waals surface area contributed by atoms with E-state index < -0.39 is 16.1 Å². The fourth-order valence-electron chi connectivity index (χ4n) is 3.12. The Kier molecular flexibility index (Phi) is 9.03. The molecule has 2 rings (SSSR count). The molecule has 5 N–H and O–H groups in total. The third kappa shape index (κ3) is 7.05. The summed E-state index contributed by atoms with van der Waals surface area (Å²) in [6.45, 7) is 6.69. The maximum atomic E-state index is 13.2. The fraction of sp³-hybridized carbons (Fsp3) is 0.435. The van der Waals surface area contributed by atoms with E-state index in [0.29, 0.717) is 18.0 Å². The first-order valence-electron chi connectivity index (χ1n) is 10.6. The first-order chi connectivity index (χ1) is 14.6. The van der Waals surface area contributed by atoms with Crippen LogP contribution in [0.5, 0.6) is 0 Å². The molecule has 0 aliphatic carbocycles. The standard InChI is InChI=1S/C23H34N4O3S/c1-4-5-14-27(31(29,30)22-12-8-18(9-13-22)17(2)3)16-21(28)15-26-20-10-6-19(7-11-20)23(24)25/h6-13,17,21,26,28H,4-5,14-16H2,1-3H3,(H3,24,25). The lowest BCUT2D eigenvalue weighted by Gasteiger charge is -2.25. The Morgan fingerprint density at radius 3 is 2.26 bits per heavy atom. The minimum absolute atomic E-state index is 0.00674. The van der Waals surface area contributed by atoms with E-state index in [-0.39, 0.29) is 23.8 Å². The number of rotatable bonds is 12. The van der Waals surface area contributed by atoms with Crippen molar-refractivity contribution in [1.82, 2.24) is 4.31 Å². The first-order valence-corrected chi connectivity index (χ1v) is 12.1. The van der Waals surface area contributed by atoms with Gasteiger partial charge in [-0.05, 0) is 54.3 Å². The smallest absolute Gasteiger partial charge is 0.243 e. The number of anilines is 1. The van der Waals surface area contributed by atoms with Gasteiger partial charge in [0.25, 0.3) is 0 Å². The van der Waals surface area contributed by atoms with E-state index in [9.17, 15) is 13.5 Å². The predicted octanol–water partition coefficient (Wildman–Crippen LogP) is 3.36. The lowest BCUT2D eigenvalue weighted by molar-refractivity contribution is 0.156. The van der Waals surface area contributed by atoms with Crippen molar-refractivity contribution in [2.24, 2.45) is 5.73 Å². The topological polar surface area (TPSA) is 120 Å². The van der Waals surface area contributed by atoms with Gasteiger partial charge in [-0.1, -0.05) is 39.3 Å². The maximum absolute atomic E-state index is 13.2. The van der Waals surface area contributed by atoms with E-state index in [1.165, 1.54) is 4.31 Å². The fourth-order valence-corrected chi connectivity index (χ4v) is 4.64. The molecule has 7 nitrogen and oxygen atoms in total. The molecule has 0 aliphatic rings. The molecule has 0 bridgehead atoms. The minimum atomic E-state index is -3.70. The molecule has 0 amide bonds. The molecule has 0 fully saturated rings. The van der Waals surface area contributed by atoms with Gasteiger partial charge in [-0.3, -0.25) is 5.41 Å². The molecule has 170 valence electrons. The Balaban J connectivity index is 2.07. The van der Waals surface area contributed by atoms with Crippen molar-refractivity contribution in [3.05, 3.63) is 59.7 Å². The predicted molar refractivity (Wildman–Crippen MR) is 126 cm³/mol. The van der Waals surface area contributed by atoms with Crippen LogP contribution < -0.4 is 11.1 Å². The zero-order valence-electron chi connectivity index (χ0n) is 18.5. The van der Waals surface area contributed by atoms with Crippen LogP contribution in [0.2, 0.25) is 0 Å². The lowest BCUT2D eigenvalue weighted by Crippen LogP contribution is -2.40. The van der Waals surface area contributed by atoms with Gasteiger partial charge < -0.3 is 16.2 Å². The van der Waals surface area contributed by atoms with Gasteiger partial charge in [0.15, 0.2) is 0 Å². The van der Waals surface area contributed by atoms with Crippen molar-refractivity contribution in [2.75, 3.05) is 25.0 Å². The number of hydrogen-bond donors (Lipinski definition) is 4. The van der Waals surface area contributed by atoms with Crippen LogP contribution in [0.4, 0.5) is 5.69 Å². The largest absolute Gasteiger partial charge is 0.390 e. The summed E-state index contributed by atoms with van der Waals surface area (Å²) in [6, 6.07) is 14.0. The number of nitrogens with one attached hydrogen (secondary N) is 2.